The molecule has 2 unspecified atom stereocenters. The first-order chi connectivity index (χ1) is 22.3. The number of hydrogen-bond donors (Lipinski definition) is 0. The molecule has 0 radical (unpaired) electrons. The van der Waals surface area contributed by atoms with E-state index in [9.17, 15) is 14.0 Å². The number of aromatic nitrogens is 5. The second-order valence-electron chi connectivity index (χ2n) is 11.1. The van der Waals surface area contributed by atoms with Gasteiger partial charge in [0.05, 0.1) is 12.3 Å². The topological polar surface area (TPSA) is 99.9 Å². The predicted molar refractivity (Wildman–Crippen MR) is 179 cm³/mol. The molecule has 0 aliphatic heterocycles. The molecule has 0 amide bonds. The lowest BCUT2D eigenvalue weighted by Gasteiger charge is -2.24. The molecular weight excluding hydrogens is 581 g/mol. The number of Topliss-reactive ketones (excluding diaryl/α,β-unsaturated/α-hetero) is 1. The summed E-state index contributed by atoms with van der Waals surface area (Å²) in [5.74, 6) is 0.0948. The smallest absolute Gasteiger partial charge is 0.286 e. The summed E-state index contributed by atoms with van der Waals surface area (Å²) >= 11 is 0. The van der Waals surface area contributed by atoms with Crippen LogP contribution >= 0.6 is 0 Å². The molecule has 5 aromatic rings. The largest absolute Gasteiger partial charge is 0.494 e. The van der Waals surface area contributed by atoms with Crippen molar-refractivity contribution in [2.24, 2.45) is 5.92 Å². The number of carbonyl (C=O) groups excluding carboxylic acids is 1. The summed E-state index contributed by atoms with van der Waals surface area (Å²) in [7, 11) is 0. The van der Waals surface area contributed by atoms with E-state index in [1.807, 2.05) is 40.0 Å². The number of nitrogens with zero attached hydrogens (tertiary/aromatic N) is 5. The van der Waals surface area contributed by atoms with Crippen LogP contribution in [0.2, 0.25) is 0 Å². The number of fused-ring (bicyclic) bond motifs is 1. The molecule has 0 spiro atoms. The van der Waals surface area contributed by atoms with Gasteiger partial charge in [0, 0.05) is 43.0 Å². The van der Waals surface area contributed by atoms with E-state index in [0.717, 1.165) is 18.4 Å². The third kappa shape index (κ3) is 8.27. The first kappa shape index (κ1) is 34.1. The van der Waals surface area contributed by atoms with Gasteiger partial charge in [-0.3, -0.25) is 19.1 Å². The molecule has 0 bridgehead atoms. The number of pyridine rings is 1. The Morgan fingerprint density at radius 1 is 0.957 bits per heavy atom. The molecule has 2 aromatic carbocycles. The first-order valence-corrected chi connectivity index (χ1v) is 16.0. The van der Waals surface area contributed by atoms with Gasteiger partial charge in [0.25, 0.3) is 5.56 Å². The van der Waals surface area contributed by atoms with Gasteiger partial charge in [0.1, 0.15) is 23.2 Å². The van der Waals surface area contributed by atoms with Crippen molar-refractivity contribution in [3.8, 4) is 11.4 Å². The second kappa shape index (κ2) is 16.5. The minimum atomic E-state index is -0.412. The normalized spacial score (nSPS) is 12.2. The third-order valence-electron chi connectivity index (χ3n) is 7.94. The van der Waals surface area contributed by atoms with Crippen LogP contribution in [0.15, 0.2) is 84.2 Å². The molecule has 3 heterocycles. The third-order valence-corrected chi connectivity index (χ3v) is 7.94. The van der Waals surface area contributed by atoms with Gasteiger partial charge in [0.15, 0.2) is 11.2 Å². The van der Waals surface area contributed by atoms with Crippen molar-refractivity contribution < 1.29 is 13.9 Å². The molecule has 0 aliphatic rings. The molecule has 2 atom stereocenters. The highest BCUT2D eigenvalue weighted by Crippen LogP contribution is 2.30. The summed E-state index contributed by atoms with van der Waals surface area (Å²) < 4.78 is 21.2. The number of benzene rings is 2. The molecule has 46 heavy (non-hydrogen) atoms. The highest BCUT2D eigenvalue weighted by Gasteiger charge is 2.29. The van der Waals surface area contributed by atoms with Crippen LogP contribution < -0.4 is 10.3 Å². The van der Waals surface area contributed by atoms with Crippen LogP contribution in [-0.4, -0.2) is 36.9 Å². The highest BCUT2D eigenvalue weighted by atomic mass is 19.1. The van der Waals surface area contributed by atoms with Crippen molar-refractivity contribution in [1.82, 2.24) is 24.5 Å². The predicted octanol–water partition coefficient (Wildman–Crippen LogP) is 7.25. The van der Waals surface area contributed by atoms with Gasteiger partial charge in [-0.1, -0.05) is 52.3 Å². The minimum Gasteiger partial charge on any atom is -0.494 e. The maximum atomic E-state index is 14.2. The van der Waals surface area contributed by atoms with E-state index >= 15 is 0 Å². The van der Waals surface area contributed by atoms with Gasteiger partial charge in [-0.2, -0.15) is 0 Å². The molecule has 5 rings (SSSR count). The standard InChI is InChI=1S/C30H33FN4O3.C7H9N/c1-5-8-21-17-20(9-14-25(21)31)18-26(36)24(6-2)19(4)29-34-28-27(32-15-16-33-28)30(37)35(29)22-10-12-23(13-11-22)38-7-3;1-2-7-4-3-5-8-6-7/h9-17,19,24H,5-8,18H2,1-4H3;3-6H,2H2,1H3. The van der Waals surface area contributed by atoms with E-state index < -0.39 is 11.8 Å². The van der Waals surface area contributed by atoms with E-state index in [1.54, 1.807) is 42.6 Å². The molecule has 0 fully saturated rings. The lowest BCUT2D eigenvalue weighted by atomic mass is 9.84. The average molecular weight is 624 g/mol. The number of aryl methyl sites for hydroxylation is 2. The zero-order valence-electron chi connectivity index (χ0n) is 27.2. The lowest BCUT2D eigenvalue weighted by molar-refractivity contribution is -0.123. The molecule has 0 N–H and O–H groups in total. The van der Waals surface area contributed by atoms with Gasteiger partial charge < -0.3 is 4.74 Å². The molecular formula is C37H42FN5O3. The van der Waals surface area contributed by atoms with E-state index in [2.05, 4.69) is 27.9 Å². The van der Waals surface area contributed by atoms with Gasteiger partial charge in [-0.25, -0.2) is 19.3 Å². The Kier molecular flexibility index (Phi) is 12.2. The van der Waals surface area contributed by atoms with E-state index in [1.165, 1.54) is 28.6 Å². The lowest BCUT2D eigenvalue weighted by Crippen LogP contribution is -2.31. The Hall–Kier alpha value is -4.79. The summed E-state index contributed by atoms with van der Waals surface area (Å²) in [6, 6.07) is 16.1. The van der Waals surface area contributed by atoms with Gasteiger partial charge in [0.2, 0.25) is 0 Å². The Labute approximate surface area is 269 Å². The van der Waals surface area contributed by atoms with Crippen molar-refractivity contribution in [2.45, 2.75) is 72.6 Å². The Bertz CT molecular complexity index is 1790. The zero-order valence-corrected chi connectivity index (χ0v) is 27.2. The number of carbonyl (C=O) groups is 1. The second-order valence-corrected chi connectivity index (χ2v) is 11.1. The summed E-state index contributed by atoms with van der Waals surface area (Å²) in [6.45, 7) is 10.4. The van der Waals surface area contributed by atoms with Crippen molar-refractivity contribution in [3.05, 3.63) is 118 Å². The van der Waals surface area contributed by atoms with E-state index in [-0.39, 0.29) is 34.7 Å². The van der Waals surface area contributed by atoms with E-state index in [4.69, 9.17) is 9.72 Å². The van der Waals surface area contributed by atoms with Crippen molar-refractivity contribution in [3.63, 3.8) is 0 Å². The maximum absolute atomic E-state index is 14.2. The van der Waals surface area contributed by atoms with Crippen LogP contribution in [0.4, 0.5) is 4.39 Å². The monoisotopic (exact) mass is 623 g/mol. The fourth-order valence-electron chi connectivity index (χ4n) is 5.52. The molecule has 0 saturated heterocycles. The first-order valence-electron chi connectivity index (χ1n) is 16.0. The van der Waals surface area contributed by atoms with Crippen LogP contribution in [0.1, 0.15) is 75.9 Å². The molecule has 0 aliphatic carbocycles. The van der Waals surface area contributed by atoms with Crippen LogP contribution in [-0.2, 0) is 24.1 Å². The molecule has 8 nitrogen and oxygen atoms in total. The molecule has 9 heteroatoms. The average Bonchev–Trinajstić information content (AvgIpc) is 3.08. The molecule has 240 valence electrons. The fourth-order valence-corrected chi connectivity index (χ4v) is 5.52. The summed E-state index contributed by atoms with van der Waals surface area (Å²) in [6.07, 6.45) is 9.90. The van der Waals surface area contributed by atoms with Gasteiger partial charge in [-0.05, 0) is 79.3 Å². The highest BCUT2D eigenvalue weighted by molar-refractivity contribution is 5.84. The quantitative estimate of drug-likeness (QED) is 0.144. The number of rotatable bonds is 12. The zero-order chi connectivity index (χ0) is 33.1. The van der Waals surface area contributed by atoms with Crippen LogP contribution in [0.5, 0.6) is 5.75 Å². The van der Waals surface area contributed by atoms with Crippen molar-refractivity contribution >= 4 is 16.9 Å². The number of hydrogen-bond acceptors (Lipinski definition) is 7. The number of halogens is 1. The van der Waals surface area contributed by atoms with Crippen LogP contribution in [0.3, 0.4) is 0 Å². The fraction of sp³-hybridized carbons (Fsp3) is 0.351. The van der Waals surface area contributed by atoms with Gasteiger partial charge in [-0.15, -0.1) is 0 Å². The Morgan fingerprint density at radius 2 is 1.72 bits per heavy atom. The van der Waals surface area contributed by atoms with Crippen molar-refractivity contribution in [1.29, 1.82) is 0 Å². The minimum absolute atomic E-state index is 0.0146. The molecule has 0 saturated carbocycles. The SMILES string of the molecule is CCCc1cc(CC(=O)C(CC)C(C)c2nc3nccnc3c(=O)n2-c2ccc(OCC)cc2)ccc1F.CCc1cccnc1. The van der Waals surface area contributed by atoms with Crippen molar-refractivity contribution in [2.75, 3.05) is 6.61 Å². The summed E-state index contributed by atoms with van der Waals surface area (Å²) in [4.78, 5) is 44.4. The Balaban J connectivity index is 0.000000523. The maximum Gasteiger partial charge on any atom is 0.286 e. The summed E-state index contributed by atoms with van der Waals surface area (Å²) in [5, 5.41) is 0. The van der Waals surface area contributed by atoms with Gasteiger partial charge >= 0.3 is 0 Å². The van der Waals surface area contributed by atoms with Crippen LogP contribution in [0.25, 0.3) is 16.9 Å². The van der Waals surface area contributed by atoms with Crippen LogP contribution in [0, 0.1) is 11.7 Å². The number of ether oxygens (including phenoxy) is 1. The number of ketones is 1. The van der Waals surface area contributed by atoms with E-state index in [0.29, 0.717) is 42.3 Å². The summed E-state index contributed by atoms with van der Waals surface area (Å²) in [5.41, 5.74) is 3.36. The molecule has 3 aromatic heterocycles. The Morgan fingerprint density at radius 3 is 2.35 bits per heavy atom.